The molecule has 0 radical (unpaired) electrons. The zero-order valence-corrected chi connectivity index (χ0v) is 12.2. The molecule has 0 bridgehead atoms. The van der Waals surface area contributed by atoms with Gasteiger partial charge in [0.1, 0.15) is 0 Å². The molecule has 0 aromatic carbocycles. The predicted octanol–water partition coefficient (Wildman–Crippen LogP) is 2.04. The maximum atomic E-state index is 4.75. The lowest BCUT2D eigenvalue weighted by atomic mass is 10.3. The molecule has 3 rings (SSSR count). The van der Waals surface area contributed by atoms with Crippen LogP contribution in [0.4, 0.5) is 5.82 Å². The maximum absolute atomic E-state index is 4.75. The highest BCUT2D eigenvalue weighted by Crippen LogP contribution is 2.27. The van der Waals surface area contributed by atoms with Crippen LogP contribution in [-0.2, 0) is 5.33 Å². The molecule has 1 aliphatic heterocycles. The number of rotatable bonds is 2. The average Bonchev–Trinajstić information content (AvgIpc) is 2.89. The monoisotopic (exact) mass is 314 g/mol. The van der Waals surface area contributed by atoms with E-state index in [0.29, 0.717) is 0 Å². The summed E-state index contributed by atoms with van der Waals surface area (Å²) in [5.41, 5.74) is 1.27. The largest absolute Gasteiger partial charge is 0.352 e. The number of halogens is 1. The third kappa shape index (κ3) is 1.98. The standard InChI is InChI=1S/C11H15BrN4S/c1-14-2-4-15(5-3-14)10-9(8-12)16-6-7-17-11(16)13-10/h6-7H,2-5,8H2,1H3. The van der Waals surface area contributed by atoms with Gasteiger partial charge >= 0.3 is 0 Å². The van der Waals surface area contributed by atoms with Crippen LogP contribution in [-0.4, -0.2) is 47.5 Å². The number of hydrogen-bond acceptors (Lipinski definition) is 4. The van der Waals surface area contributed by atoms with Crippen molar-refractivity contribution in [3.63, 3.8) is 0 Å². The molecule has 0 saturated carbocycles. The lowest BCUT2D eigenvalue weighted by Gasteiger charge is -2.33. The van der Waals surface area contributed by atoms with Gasteiger partial charge in [-0.15, -0.1) is 11.3 Å². The molecule has 2 aromatic rings. The Bertz CT molecular complexity index is 512. The van der Waals surface area contributed by atoms with Gasteiger partial charge in [-0.2, -0.15) is 0 Å². The Balaban J connectivity index is 1.96. The molecular formula is C11H15BrN4S. The summed E-state index contributed by atoms with van der Waals surface area (Å²) in [6.07, 6.45) is 2.10. The summed E-state index contributed by atoms with van der Waals surface area (Å²) in [6, 6.07) is 0. The van der Waals surface area contributed by atoms with Gasteiger partial charge in [0.25, 0.3) is 0 Å². The topological polar surface area (TPSA) is 23.8 Å². The van der Waals surface area contributed by atoms with Crippen LogP contribution in [0.3, 0.4) is 0 Å². The minimum Gasteiger partial charge on any atom is -0.352 e. The van der Waals surface area contributed by atoms with E-state index in [2.05, 4.69) is 48.8 Å². The maximum Gasteiger partial charge on any atom is 0.195 e. The van der Waals surface area contributed by atoms with Crippen LogP contribution in [0.2, 0.25) is 0 Å². The van der Waals surface area contributed by atoms with E-state index < -0.39 is 0 Å². The number of imidazole rings is 1. The molecule has 0 atom stereocenters. The molecule has 0 spiro atoms. The summed E-state index contributed by atoms with van der Waals surface area (Å²) in [4.78, 5) is 10.6. The second-order valence-corrected chi connectivity index (χ2v) is 5.80. The number of nitrogens with zero attached hydrogens (tertiary/aromatic N) is 4. The van der Waals surface area contributed by atoms with Crippen LogP contribution in [0.25, 0.3) is 4.96 Å². The van der Waals surface area contributed by atoms with Crippen molar-refractivity contribution >= 4 is 38.0 Å². The normalized spacial score (nSPS) is 18.1. The predicted molar refractivity (Wildman–Crippen MR) is 75.4 cm³/mol. The molecule has 0 aliphatic carbocycles. The van der Waals surface area contributed by atoms with Crippen molar-refractivity contribution in [2.75, 3.05) is 38.1 Å². The molecule has 3 heterocycles. The van der Waals surface area contributed by atoms with Crippen LogP contribution in [0.15, 0.2) is 11.6 Å². The lowest BCUT2D eigenvalue weighted by Crippen LogP contribution is -2.45. The van der Waals surface area contributed by atoms with Crippen LogP contribution in [0.5, 0.6) is 0 Å². The zero-order valence-electron chi connectivity index (χ0n) is 9.77. The molecule has 0 amide bonds. The Labute approximate surface area is 113 Å². The molecule has 6 heteroatoms. The van der Waals surface area contributed by atoms with Crippen LogP contribution >= 0.6 is 27.3 Å². The van der Waals surface area contributed by atoms with Gasteiger partial charge in [0.15, 0.2) is 10.8 Å². The van der Waals surface area contributed by atoms with Crippen molar-refractivity contribution in [2.24, 2.45) is 0 Å². The highest BCUT2D eigenvalue weighted by molar-refractivity contribution is 9.08. The van der Waals surface area contributed by atoms with E-state index in [4.69, 9.17) is 4.98 Å². The first-order chi connectivity index (χ1) is 8.29. The van der Waals surface area contributed by atoms with E-state index >= 15 is 0 Å². The molecular weight excluding hydrogens is 300 g/mol. The highest BCUT2D eigenvalue weighted by Gasteiger charge is 2.21. The van der Waals surface area contributed by atoms with Crippen LogP contribution in [0.1, 0.15) is 5.69 Å². The summed E-state index contributed by atoms with van der Waals surface area (Å²) >= 11 is 5.27. The quantitative estimate of drug-likeness (QED) is 0.793. The van der Waals surface area contributed by atoms with Crippen molar-refractivity contribution in [1.29, 1.82) is 0 Å². The number of hydrogen-bond donors (Lipinski definition) is 0. The molecule has 0 N–H and O–H groups in total. The fraction of sp³-hybridized carbons (Fsp3) is 0.545. The van der Waals surface area contributed by atoms with Crippen molar-refractivity contribution < 1.29 is 0 Å². The minimum absolute atomic E-state index is 0.854. The average molecular weight is 315 g/mol. The molecule has 92 valence electrons. The molecule has 1 aliphatic rings. The highest BCUT2D eigenvalue weighted by atomic mass is 79.9. The summed E-state index contributed by atoms with van der Waals surface area (Å²) in [7, 11) is 2.18. The lowest BCUT2D eigenvalue weighted by molar-refractivity contribution is 0.312. The molecule has 1 fully saturated rings. The van der Waals surface area contributed by atoms with E-state index in [0.717, 1.165) is 42.3 Å². The Hall–Kier alpha value is -0.590. The van der Waals surface area contributed by atoms with E-state index in [1.165, 1.54) is 5.69 Å². The van der Waals surface area contributed by atoms with Gasteiger partial charge in [-0.3, -0.25) is 4.40 Å². The number of alkyl halides is 1. The molecule has 4 nitrogen and oxygen atoms in total. The van der Waals surface area contributed by atoms with E-state index in [1.807, 2.05) is 0 Å². The number of anilines is 1. The SMILES string of the molecule is CN1CCN(c2nc3sccn3c2CBr)CC1. The van der Waals surface area contributed by atoms with Crippen molar-refractivity contribution in [3.8, 4) is 0 Å². The van der Waals surface area contributed by atoms with Gasteiger partial charge in [0.2, 0.25) is 0 Å². The molecule has 1 saturated heterocycles. The van der Waals surface area contributed by atoms with E-state index in [-0.39, 0.29) is 0 Å². The summed E-state index contributed by atoms with van der Waals surface area (Å²) in [5.74, 6) is 1.15. The van der Waals surface area contributed by atoms with Gasteiger partial charge in [-0.05, 0) is 7.05 Å². The second kappa shape index (κ2) is 4.59. The van der Waals surface area contributed by atoms with Crippen molar-refractivity contribution in [1.82, 2.24) is 14.3 Å². The molecule has 17 heavy (non-hydrogen) atoms. The van der Waals surface area contributed by atoms with Crippen molar-refractivity contribution in [3.05, 3.63) is 17.3 Å². The molecule has 2 aromatic heterocycles. The zero-order chi connectivity index (χ0) is 11.8. The number of likely N-dealkylation sites (N-methyl/N-ethyl adjacent to an activating group) is 1. The number of piperazine rings is 1. The van der Waals surface area contributed by atoms with E-state index in [9.17, 15) is 0 Å². The first-order valence-electron chi connectivity index (χ1n) is 5.73. The third-order valence-electron chi connectivity index (χ3n) is 3.27. The minimum atomic E-state index is 0.854. The second-order valence-electron chi connectivity index (χ2n) is 4.36. The Morgan fingerprint density at radius 1 is 1.35 bits per heavy atom. The number of thiazole rings is 1. The van der Waals surface area contributed by atoms with Crippen molar-refractivity contribution in [2.45, 2.75) is 5.33 Å². The van der Waals surface area contributed by atoms with Crippen LogP contribution in [0, 0.1) is 0 Å². The fourth-order valence-electron chi connectivity index (χ4n) is 2.22. The number of aromatic nitrogens is 2. The summed E-state index contributed by atoms with van der Waals surface area (Å²) in [6.45, 7) is 4.38. The third-order valence-corrected chi connectivity index (χ3v) is 4.56. The van der Waals surface area contributed by atoms with Gasteiger partial charge in [-0.25, -0.2) is 4.98 Å². The first kappa shape index (κ1) is 11.5. The fourth-order valence-corrected chi connectivity index (χ4v) is 3.47. The van der Waals surface area contributed by atoms with Gasteiger partial charge in [-0.1, -0.05) is 15.9 Å². The first-order valence-corrected chi connectivity index (χ1v) is 7.73. The smallest absolute Gasteiger partial charge is 0.195 e. The Kier molecular flexibility index (Phi) is 3.10. The van der Waals surface area contributed by atoms with Gasteiger partial charge < -0.3 is 9.80 Å². The number of fused-ring (bicyclic) bond motifs is 1. The Morgan fingerprint density at radius 2 is 2.12 bits per heavy atom. The van der Waals surface area contributed by atoms with E-state index in [1.54, 1.807) is 11.3 Å². The summed E-state index contributed by atoms with van der Waals surface area (Å²) < 4.78 is 2.19. The summed E-state index contributed by atoms with van der Waals surface area (Å²) in [5, 5.41) is 2.94. The Morgan fingerprint density at radius 3 is 2.82 bits per heavy atom. The van der Waals surface area contributed by atoms with Crippen LogP contribution < -0.4 is 4.90 Å². The van der Waals surface area contributed by atoms with Gasteiger partial charge in [0.05, 0.1) is 5.69 Å². The molecule has 0 unspecified atom stereocenters. The van der Waals surface area contributed by atoms with Gasteiger partial charge in [0, 0.05) is 43.1 Å².